The summed E-state index contributed by atoms with van der Waals surface area (Å²) >= 11 is 0. The Bertz CT molecular complexity index is 168. The Kier molecular flexibility index (Phi) is 4.99. The Morgan fingerprint density at radius 2 is 2.17 bits per heavy atom. The van der Waals surface area contributed by atoms with Gasteiger partial charge >= 0.3 is 0 Å². The van der Waals surface area contributed by atoms with Gasteiger partial charge in [-0.05, 0) is 12.3 Å². The van der Waals surface area contributed by atoms with E-state index in [0.717, 1.165) is 6.42 Å². The predicted molar refractivity (Wildman–Crippen MR) is 44.3 cm³/mol. The summed E-state index contributed by atoms with van der Waals surface area (Å²) in [7, 11) is 0. The molecule has 0 radical (unpaired) electrons. The standard InChI is InChI=1S/C7H14N2O3/c1-6(2)3-4-8-7(10)5-9(11)12/h6H,3-5H2,1-2H3,(H,8,10). The van der Waals surface area contributed by atoms with Crippen molar-refractivity contribution in [2.75, 3.05) is 13.1 Å². The quantitative estimate of drug-likeness (QED) is 0.485. The normalized spacial score (nSPS) is 9.92. The fourth-order valence-electron chi connectivity index (χ4n) is 0.673. The average molecular weight is 174 g/mol. The Hall–Kier alpha value is -1.13. The van der Waals surface area contributed by atoms with Crippen LogP contribution in [0.1, 0.15) is 20.3 Å². The van der Waals surface area contributed by atoms with Gasteiger partial charge in [0.1, 0.15) is 0 Å². The summed E-state index contributed by atoms with van der Waals surface area (Å²) in [5.74, 6) is -0.0124. The van der Waals surface area contributed by atoms with Gasteiger partial charge < -0.3 is 5.32 Å². The van der Waals surface area contributed by atoms with Crippen molar-refractivity contribution in [2.45, 2.75) is 20.3 Å². The van der Waals surface area contributed by atoms with Crippen molar-refractivity contribution in [3.05, 3.63) is 10.1 Å². The lowest BCUT2D eigenvalue weighted by Gasteiger charge is -2.04. The van der Waals surface area contributed by atoms with Gasteiger partial charge in [0.05, 0.1) is 0 Å². The first-order chi connectivity index (χ1) is 5.52. The van der Waals surface area contributed by atoms with E-state index < -0.39 is 17.4 Å². The van der Waals surface area contributed by atoms with Gasteiger partial charge in [-0.25, -0.2) is 0 Å². The summed E-state index contributed by atoms with van der Waals surface area (Å²) in [5, 5.41) is 12.3. The third-order valence-electron chi connectivity index (χ3n) is 1.32. The topological polar surface area (TPSA) is 72.2 Å². The molecule has 0 spiro atoms. The second-order valence-corrected chi connectivity index (χ2v) is 3.02. The highest BCUT2D eigenvalue weighted by Crippen LogP contribution is 1.95. The highest BCUT2D eigenvalue weighted by atomic mass is 16.6. The number of carbonyl (C=O) groups is 1. The number of rotatable bonds is 5. The van der Waals surface area contributed by atoms with Crippen LogP contribution in [0.5, 0.6) is 0 Å². The van der Waals surface area contributed by atoms with Gasteiger partial charge in [-0.3, -0.25) is 14.9 Å². The number of carbonyl (C=O) groups excluding carboxylic acids is 1. The molecule has 0 heterocycles. The van der Waals surface area contributed by atoms with Crippen molar-refractivity contribution in [1.29, 1.82) is 0 Å². The molecule has 0 saturated carbocycles. The molecule has 1 N–H and O–H groups in total. The molecule has 0 saturated heterocycles. The molecular formula is C7H14N2O3. The van der Waals surface area contributed by atoms with Crippen molar-refractivity contribution in [3.63, 3.8) is 0 Å². The molecule has 0 aromatic carbocycles. The van der Waals surface area contributed by atoms with Crippen LogP contribution in [0.25, 0.3) is 0 Å². The van der Waals surface area contributed by atoms with E-state index in [4.69, 9.17) is 0 Å². The fourth-order valence-corrected chi connectivity index (χ4v) is 0.673. The third kappa shape index (κ3) is 6.98. The lowest BCUT2D eigenvalue weighted by molar-refractivity contribution is -0.467. The highest BCUT2D eigenvalue weighted by Gasteiger charge is 2.07. The molecule has 0 unspecified atom stereocenters. The van der Waals surface area contributed by atoms with E-state index in [1.54, 1.807) is 0 Å². The minimum absolute atomic E-state index is 0.501. The molecule has 70 valence electrons. The van der Waals surface area contributed by atoms with Crippen LogP contribution in [0.15, 0.2) is 0 Å². The van der Waals surface area contributed by atoms with Gasteiger partial charge in [-0.2, -0.15) is 0 Å². The molecule has 5 nitrogen and oxygen atoms in total. The number of nitrogens with one attached hydrogen (secondary N) is 1. The van der Waals surface area contributed by atoms with E-state index in [0.29, 0.717) is 12.5 Å². The lowest BCUT2D eigenvalue weighted by atomic mass is 10.1. The van der Waals surface area contributed by atoms with E-state index in [9.17, 15) is 14.9 Å². The maximum Gasteiger partial charge on any atom is 0.291 e. The van der Waals surface area contributed by atoms with Crippen LogP contribution >= 0.6 is 0 Å². The van der Waals surface area contributed by atoms with Crippen LogP contribution in [0.3, 0.4) is 0 Å². The van der Waals surface area contributed by atoms with Gasteiger partial charge in [-0.15, -0.1) is 0 Å². The molecule has 12 heavy (non-hydrogen) atoms. The van der Waals surface area contributed by atoms with Gasteiger partial charge in [-0.1, -0.05) is 13.8 Å². The van der Waals surface area contributed by atoms with E-state index in [1.807, 2.05) is 13.8 Å². The average Bonchev–Trinajstić information content (AvgIpc) is 1.84. The van der Waals surface area contributed by atoms with E-state index in [1.165, 1.54) is 0 Å². The molecule has 1 amide bonds. The lowest BCUT2D eigenvalue weighted by Crippen LogP contribution is -2.31. The summed E-state index contributed by atoms with van der Waals surface area (Å²) in [6.07, 6.45) is 0.851. The molecule has 0 rings (SSSR count). The zero-order chi connectivity index (χ0) is 9.56. The third-order valence-corrected chi connectivity index (χ3v) is 1.32. The van der Waals surface area contributed by atoms with Gasteiger partial charge in [0, 0.05) is 11.5 Å². The van der Waals surface area contributed by atoms with Crippen molar-refractivity contribution < 1.29 is 9.72 Å². The maximum atomic E-state index is 10.7. The van der Waals surface area contributed by atoms with Crippen LogP contribution in [0.4, 0.5) is 0 Å². The van der Waals surface area contributed by atoms with Crippen molar-refractivity contribution in [1.82, 2.24) is 5.32 Å². The smallest absolute Gasteiger partial charge is 0.291 e. The first kappa shape index (κ1) is 10.9. The summed E-state index contributed by atoms with van der Waals surface area (Å²) in [6, 6.07) is 0. The zero-order valence-electron chi connectivity index (χ0n) is 7.37. The molecule has 0 aliphatic carbocycles. The summed E-state index contributed by atoms with van der Waals surface area (Å²) in [4.78, 5) is 19.9. The monoisotopic (exact) mass is 174 g/mol. The second kappa shape index (κ2) is 5.51. The predicted octanol–water partition coefficient (Wildman–Crippen LogP) is 0.425. The van der Waals surface area contributed by atoms with Gasteiger partial charge in [0.15, 0.2) is 0 Å². The zero-order valence-corrected chi connectivity index (χ0v) is 7.37. The largest absolute Gasteiger partial charge is 0.350 e. The molecule has 0 aromatic rings. The van der Waals surface area contributed by atoms with E-state index >= 15 is 0 Å². The molecule has 0 bridgehead atoms. The van der Waals surface area contributed by atoms with Gasteiger partial charge in [0.2, 0.25) is 0 Å². The number of nitro groups is 1. The first-order valence-electron chi connectivity index (χ1n) is 3.91. The van der Waals surface area contributed by atoms with Crippen LogP contribution in [-0.4, -0.2) is 23.9 Å². The highest BCUT2D eigenvalue weighted by molar-refractivity contribution is 5.76. The number of nitrogens with zero attached hydrogens (tertiary/aromatic N) is 1. The molecule has 0 fully saturated rings. The summed E-state index contributed by atoms with van der Waals surface area (Å²) in [6.45, 7) is 3.95. The number of amides is 1. The number of hydrogen-bond acceptors (Lipinski definition) is 3. The maximum absolute atomic E-state index is 10.7. The Balaban J connectivity index is 3.38. The Labute approximate surface area is 71.3 Å². The fraction of sp³-hybridized carbons (Fsp3) is 0.857. The van der Waals surface area contributed by atoms with Gasteiger partial charge in [0.25, 0.3) is 12.5 Å². The molecule has 0 atom stereocenters. The number of hydrogen-bond donors (Lipinski definition) is 1. The second-order valence-electron chi connectivity index (χ2n) is 3.02. The minimum Gasteiger partial charge on any atom is -0.350 e. The summed E-state index contributed by atoms with van der Waals surface area (Å²) in [5.41, 5.74) is 0. The molecule has 0 aromatic heterocycles. The van der Waals surface area contributed by atoms with Crippen LogP contribution in [0, 0.1) is 16.0 Å². The SMILES string of the molecule is CC(C)CCNC(=O)C[N+](=O)[O-]. The van der Waals surface area contributed by atoms with Crippen LogP contribution in [-0.2, 0) is 4.79 Å². The minimum atomic E-state index is -0.634. The van der Waals surface area contributed by atoms with Crippen molar-refractivity contribution in [2.24, 2.45) is 5.92 Å². The molecule has 5 heteroatoms. The van der Waals surface area contributed by atoms with E-state index in [2.05, 4.69) is 5.32 Å². The molecular weight excluding hydrogens is 160 g/mol. The van der Waals surface area contributed by atoms with Crippen molar-refractivity contribution in [3.8, 4) is 0 Å². The van der Waals surface area contributed by atoms with Crippen LogP contribution < -0.4 is 5.32 Å². The Morgan fingerprint density at radius 3 is 2.58 bits per heavy atom. The molecule has 0 aliphatic rings. The Morgan fingerprint density at radius 1 is 1.58 bits per heavy atom. The first-order valence-corrected chi connectivity index (χ1v) is 3.91. The van der Waals surface area contributed by atoms with E-state index in [-0.39, 0.29) is 0 Å². The molecule has 0 aliphatic heterocycles. The van der Waals surface area contributed by atoms with Crippen LogP contribution in [0.2, 0.25) is 0 Å². The van der Waals surface area contributed by atoms with Crippen molar-refractivity contribution >= 4 is 5.91 Å². The summed E-state index contributed by atoms with van der Waals surface area (Å²) < 4.78 is 0.